The Balaban J connectivity index is 1.48. The SMILES string of the molecule is CCN(CC)CC1=C(C)C(=NNc2cccc(C3CCCC(c4nnn[nH]4)C3)c2O)C(=O)N(c2ccc(C)c(C)c2)C1=O. The van der Waals surface area contributed by atoms with Gasteiger partial charge >= 0.3 is 0 Å². The number of phenolic OH excluding ortho intramolecular Hbond substituents is 1. The number of H-pyrrole nitrogens is 1. The molecule has 0 bridgehead atoms. The Hall–Kier alpha value is -4.38. The maximum atomic E-state index is 13.9. The Bertz CT molecular complexity index is 1560. The van der Waals surface area contributed by atoms with Crippen molar-refractivity contribution in [1.82, 2.24) is 25.5 Å². The van der Waals surface area contributed by atoms with Gasteiger partial charge in [-0.1, -0.05) is 38.5 Å². The molecule has 1 saturated carbocycles. The van der Waals surface area contributed by atoms with Gasteiger partial charge in [0.05, 0.1) is 11.4 Å². The van der Waals surface area contributed by atoms with Crippen molar-refractivity contribution in [3.05, 3.63) is 70.1 Å². The molecule has 1 aliphatic carbocycles. The minimum Gasteiger partial charge on any atom is -0.505 e. The zero-order chi connectivity index (χ0) is 30.7. The summed E-state index contributed by atoms with van der Waals surface area (Å²) in [5.74, 6) is 0.337. The highest BCUT2D eigenvalue weighted by atomic mass is 16.3. The lowest BCUT2D eigenvalue weighted by Gasteiger charge is -2.31. The number of hydrogen-bond acceptors (Lipinski definition) is 9. The molecule has 1 fully saturated rings. The summed E-state index contributed by atoms with van der Waals surface area (Å²) >= 11 is 0. The molecular weight excluding hydrogens is 544 g/mol. The molecule has 11 nitrogen and oxygen atoms in total. The summed E-state index contributed by atoms with van der Waals surface area (Å²) in [7, 11) is 0. The molecule has 2 aliphatic rings. The van der Waals surface area contributed by atoms with E-state index in [-0.39, 0.29) is 29.2 Å². The first kappa shape index (κ1) is 30.1. The fourth-order valence-corrected chi connectivity index (χ4v) is 6.04. The number of aryl methyl sites for hydroxylation is 2. The Morgan fingerprint density at radius 3 is 2.51 bits per heavy atom. The van der Waals surface area contributed by atoms with Crippen LogP contribution in [0.5, 0.6) is 5.75 Å². The van der Waals surface area contributed by atoms with E-state index in [1.54, 1.807) is 19.1 Å². The van der Waals surface area contributed by atoms with Gasteiger partial charge in [-0.15, -0.1) is 5.10 Å². The molecule has 2 amide bonds. The van der Waals surface area contributed by atoms with Gasteiger partial charge in [-0.2, -0.15) is 5.10 Å². The smallest absolute Gasteiger partial charge is 0.286 e. The van der Waals surface area contributed by atoms with Gasteiger partial charge in [-0.3, -0.25) is 19.9 Å². The zero-order valence-electron chi connectivity index (χ0n) is 25.5. The lowest BCUT2D eigenvalue weighted by Crippen LogP contribution is -2.49. The number of amides is 2. The predicted octanol–water partition coefficient (Wildman–Crippen LogP) is 4.96. The molecule has 0 saturated heterocycles. The lowest BCUT2D eigenvalue weighted by atomic mass is 9.77. The van der Waals surface area contributed by atoms with Gasteiger partial charge in [0.2, 0.25) is 0 Å². The fourth-order valence-electron chi connectivity index (χ4n) is 6.04. The second-order valence-corrected chi connectivity index (χ2v) is 11.4. The third kappa shape index (κ3) is 6.08. The van der Waals surface area contributed by atoms with Crippen molar-refractivity contribution in [3.8, 4) is 5.75 Å². The number of para-hydroxylation sites is 1. The molecule has 0 spiro atoms. The van der Waals surface area contributed by atoms with Gasteiger partial charge in [0.15, 0.2) is 11.5 Å². The van der Waals surface area contributed by atoms with Gasteiger partial charge in [0.25, 0.3) is 11.8 Å². The number of tetrazole rings is 1. The van der Waals surface area contributed by atoms with Gasteiger partial charge in [-0.05, 0) is 110 Å². The molecule has 43 heavy (non-hydrogen) atoms. The summed E-state index contributed by atoms with van der Waals surface area (Å²) < 4.78 is 0. The van der Waals surface area contributed by atoms with Gasteiger partial charge in [0, 0.05) is 18.0 Å². The predicted molar refractivity (Wildman–Crippen MR) is 166 cm³/mol. The topological polar surface area (TPSA) is 140 Å². The monoisotopic (exact) mass is 584 g/mol. The number of benzene rings is 2. The highest BCUT2D eigenvalue weighted by Crippen LogP contribution is 2.44. The van der Waals surface area contributed by atoms with Crippen LogP contribution in [-0.4, -0.2) is 67.8 Å². The van der Waals surface area contributed by atoms with Crippen molar-refractivity contribution in [1.29, 1.82) is 0 Å². The second kappa shape index (κ2) is 12.9. The third-order valence-electron chi connectivity index (χ3n) is 8.92. The molecule has 1 aliphatic heterocycles. The van der Waals surface area contributed by atoms with Crippen molar-refractivity contribution in [2.45, 2.75) is 72.1 Å². The van der Waals surface area contributed by atoms with Crippen molar-refractivity contribution in [2.24, 2.45) is 5.10 Å². The summed E-state index contributed by atoms with van der Waals surface area (Å²) in [6.07, 6.45) is 3.72. The Morgan fingerprint density at radius 2 is 1.81 bits per heavy atom. The Labute approximate surface area is 252 Å². The number of hydrazone groups is 1. The van der Waals surface area contributed by atoms with Crippen molar-refractivity contribution < 1.29 is 14.7 Å². The number of aromatic hydroxyl groups is 1. The summed E-state index contributed by atoms with van der Waals surface area (Å²) in [5.41, 5.74) is 7.94. The zero-order valence-corrected chi connectivity index (χ0v) is 25.5. The number of aromatic amines is 1. The number of anilines is 2. The number of phenols is 1. The van der Waals surface area contributed by atoms with Crippen LogP contribution in [0, 0.1) is 13.8 Å². The van der Waals surface area contributed by atoms with E-state index in [0.29, 0.717) is 29.1 Å². The molecule has 3 N–H and O–H groups in total. The number of nitrogens with zero attached hydrogens (tertiary/aromatic N) is 6. The maximum absolute atomic E-state index is 13.9. The van der Waals surface area contributed by atoms with Gasteiger partial charge < -0.3 is 5.11 Å². The number of imide groups is 1. The van der Waals surface area contributed by atoms with E-state index in [2.05, 4.69) is 36.1 Å². The van der Waals surface area contributed by atoms with E-state index < -0.39 is 5.91 Å². The summed E-state index contributed by atoms with van der Waals surface area (Å²) in [4.78, 5) is 31.0. The number of hydrogen-bond donors (Lipinski definition) is 3. The number of carbonyl (C=O) groups excluding carboxylic acids is 2. The number of likely N-dealkylation sites (N-methyl/N-ethyl adjacent to an activating group) is 1. The minimum absolute atomic E-state index is 0.101. The van der Waals surface area contributed by atoms with Crippen molar-refractivity contribution in [2.75, 3.05) is 30.0 Å². The van der Waals surface area contributed by atoms with E-state index >= 15 is 0 Å². The van der Waals surface area contributed by atoms with E-state index in [9.17, 15) is 14.7 Å². The van der Waals surface area contributed by atoms with Crippen LogP contribution in [0.4, 0.5) is 11.4 Å². The molecule has 3 aromatic rings. The second-order valence-electron chi connectivity index (χ2n) is 11.4. The highest BCUT2D eigenvalue weighted by molar-refractivity contribution is 6.57. The number of rotatable bonds is 9. The van der Waals surface area contributed by atoms with Crippen LogP contribution in [0.3, 0.4) is 0 Å². The largest absolute Gasteiger partial charge is 0.505 e. The Morgan fingerprint density at radius 1 is 1.05 bits per heavy atom. The van der Waals surface area contributed by atoms with Crippen LogP contribution < -0.4 is 10.3 Å². The highest BCUT2D eigenvalue weighted by Gasteiger charge is 2.38. The summed E-state index contributed by atoms with van der Waals surface area (Å²) in [6.45, 7) is 11.7. The number of carbonyl (C=O) groups is 2. The molecule has 2 unspecified atom stereocenters. The molecule has 2 atom stereocenters. The van der Waals surface area contributed by atoms with Crippen molar-refractivity contribution in [3.63, 3.8) is 0 Å². The molecule has 5 rings (SSSR count). The quantitative estimate of drug-likeness (QED) is 0.182. The van der Waals surface area contributed by atoms with Crippen LogP contribution in [0.15, 0.2) is 52.6 Å². The van der Waals surface area contributed by atoms with E-state index in [4.69, 9.17) is 0 Å². The van der Waals surface area contributed by atoms with E-state index in [0.717, 1.165) is 61.3 Å². The lowest BCUT2D eigenvalue weighted by molar-refractivity contribution is -0.121. The molecule has 1 aromatic heterocycles. The summed E-state index contributed by atoms with van der Waals surface area (Å²) in [6, 6.07) is 11.1. The van der Waals surface area contributed by atoms with E-state index in [1.807, 2.05) is 52.0 Å². The average molecular weight is 585 g/mol. The van der Waals surface area contributed by atoms with Crippen LogP contribution >= 0.6 is 0 Å². The molecule has 2 heterocycles. The first-order valence-corrected chi connectivity index (χ1v) is 15.0. The first-order valence-electron chi connectivity index (χ1n) is 15.0. The van der Waals surface area contributed by atoms with Crippen LogP contribution in [0.25, 0.3) is 0 Å². The fraction of sp³-hybridized carbons (Fsp3) is 0.438. The van der Waals surface area contributed by atoms with Gasteiger partial charge in [0.1, 0.15) is 5.75 Å². The Kier molecular flexibility index (Phi) is 9.00. The molecular formula is C32H40N8O3. The normalized spacial score (nSPS) is 20.4. The molecule has 2 aromatic carbocycles. The van der Waals surface area contributed by atoms with Crippen LogP contribution in [-0.2, 0) is 9.59 Å². The number of nitrogens with one attached hydrogen (secondary N) is 2. The molecule has 226 valence electrons. The summed E-state index contributed by atoms with van der Waals surface area (Å²) in [5, 5.41) is 30.3. The number of aromatic nitrogens is 4. The van der Waals surface area contributed by atoms with Crippen LogP contribution in [0.1, 0.15) is 80.8 Å². The first-order chi connectivity index (χ1) is 20.7. The van der Waals surface area contributed by atoms with Crippen LogP contribution in [0.2, 0.25) is 0 Å². The van der Waals surface area contributed by atoms with E-state index in [1.165, 1.54) is 4.90 Å². The van der Waals surface area contributed by atoms with Gasteiger partial charge in [-0.25, -0.2) is 10.00 Å². The maximum Gasteiger partial charge on any atom is 0.286 e. The third-order valence-corrected chi connectivity index (χ3v) is 8.92. The van der Waals surface area contributed by atoms with Crippen molar-refractivity contribution >= 4 is 28.9 Å². The standard InChI is InChI=1S/C32H40N8O3/c1-6-39(7-2)18-26-21(5)28(32(43)40(31(26)42)24-15-14-19(3)20(4)16-24)34-33-27-13-9-12-25(29(27)41)22-10-8-11-23(17-22)30-35-37-38-36-30/h9,12-16,22-23,33,41H,6-8,10-11,17-18H2,1-5H3,(H,35,36,37,38). The average Bonchev–Trinajstić information content (AvgIpc) is 3.55. The molecule has 0 radical (unpaired) electrons. The molecule has 11 heteroatoms. The minimum atomic E-state index is -0.506.